The van der Waals surface area contributed by atoms with Crippen molar-refractivity contribution in [3.63, 3.8) is 0 Å². The van der Waals surface area contributed by atoms with Gasteiger partial charge in [-0.3, -0.25) is 4.79 Å². The molecule has 16 heavy (non-hydrogen) atoms. The van der Waals surface area contributed by atoms with Crippen LogP contribution in [0.15, 0.2) is 0 Å². The lowest BCUT2D eigenvalue weighted by molar-refractivity contribution is -0.122. The highest BCUT2D eigenvalue weighted by molar-refractivity contribution is 8.00. The summed E-state index contributed by atoms with van der Waals surface area (Å²) in [5.74, 6) is 0.468. The quantitative estimate of drug-likeness (QED) is 0.754. The van der Waals surface area contributed by atoms with Crippen LogP contribution in [0.3, 0.4) is 0 Å². The van der Waals surface area contributed by atoms with Crippen molar-refractivity contribution < 1.29 is 14.6 Å². The monoisotopic (exact) mass is 247 g/mol. The Labute approximate surface area is 101 Å². The van der Waals surface area contributed by atoms with Crippen LogP contribution in [0.1, 0.15) is 26.7 Å². The van der Waals surface area contributed by atoms with Crippen LogP contribution >= 0.6 is 11.8 Å². The molecule has 1 aliphatic heterocycles. The molecule has 1 saturated heterocycles. The minimum absolute atomic E-state index is 0.00551. The molecule has 2 N–H and O–H groups in total. The number of hydrogen-bond acceptors (Lipinski definition) is 4. The van der Waals surface area contributed by atoms with E-state index in [-0.39, 0.29) is 12.5 Å². The first-order chi connectivity index (χ1) is 7.58. The molecule has 5 heteroatoms. The van der Waals surface area contributed by atoms with Crippen molar-refractivity contribution in [2.45, 2.75) is 37.5 Å². The van der Waals surface area contributed by atoms with Crippen LogP contribution in [0.4, 0.5) is 0 Å². The SMILES string of the molecule is CC(C)SCC(=O)NC1(CO)CCOCC1. The molecular formula is C11H21NO3S. The first kappa shape index (κ1) is 13.8. The van der Waals surface area contributed by atoms with E-state index >= 15 is 0 Å². The topological polar surface area (TPSA) is 58.6 Å². The van der Waals surface area contributed by atoms with E-state index in [9.17, 15) is 9.90 Å². The third-order valence-electron chi connectivity index (χ3n) is 2.70. The number of amides is 1. The lowest BCUT2D eigenvalue weighted by Crippen LogP contribution is -2.55. The van der Waals surface area contributed by atoms with E-state index in [2.05, 4.69) is 19.2 Å². The molecule has 0 spiro atoms. The van der Waals surface area contributed by atoms with E-state index in [1.165, 1.54) is 0 Å². The van der Waals surface area contributed by atoms with Crippen molar-refractivity contribution in [3.8, 4) is 0 Å². The lowest BCUT2D eigenvalue weighted by atomic mass is 9.91. The number of carbonyl (C=O) groups is 1. The molecular weight excluding hydrogens is 226 g/mol. The van der Waals surface area contributed by atoms with Gasteiger partial charge in [0.25, 0.3) is 0 Å². The molecule has 0 unspecified atom stereocenters. The summed E-state index contributed by atoms with van der Waals surface area (Å²) < 4.78 is 5.24. The molecule has 4 nitrogen and oxygen atoms in total. The molecule has 0 atom stereocenters. The van der Waals surface area contributed by atoms with Gasteiger partial charge in [-0.25, -0.2) is 0 Å². The molecule has 0 aliphatic carbocycles. The Morgan fingerprint density at radius 3 is 2.62 bits per heavy atom. The summed E-state index contributed by atoms with van der Waals surface area (Å²) in [7, 11) is 0. The maximum Gasteiger partial charge on any atom is 0.230 e. The highest BCUT2D eigenvalue weighted by Gasteiger charge is 2.33. The average molecular weight is 247 g/mol. The van der Waals surface area contributed by atoms with Gasteiger partial charge in [0.15, 0.2) is 0 Å². The fourth-order valence-electron chi connectivity index (χ4n) is 1.66. The summed E-state index contributed by atoms with van der Waals surface area (Å²) in [5.41, 5.74) is -0.452. The van der Waals surface area contributed by atoms with Gasteiger partial charge in [0.2, 0.25) is 5.91 Å². The van der Waals surface area contributed by atoms with Crippen molar-refractivity contribution in [3.05, 3.63) is 0 Å². The Kier molecular flexibility index (Phi) is 5.58. The minimum Gasteiger partial charge on any atom is -0.394 e. The van der Waals surface area contributed by atoms with Gasteiger partial charge in [-0.15, -0.1) is 11.8 Å². The maximum atomic E-state index is 11.7. The summed E-state index contributed by atoms with van der Waals surface area (Å²) in [6.07, 6.45) is 1.39. The van der Waals surface area contributed by atoms with Gasteiger partial charge in [0.1, 0.15) is 0 Å². The predicted molar refractivity (Wildman–Crippen MR) is 65.6 cm³/mol. The van der Waals surface area contributed by atoms with Gasteiger partial charge in [-0.2, -0.15) is 0 Å². The number of hydrogen-bond donors (Lipinski definition) is 2. The molecule has 0 aromatic carbocycles. The van der Waals surface area contributed by atoms with Crippen LogP contribution < -0.4 is 5.32 Å². The summed E-state index contributed by atoms with van der Waals surface area (Å²) in [5, 5.41) is 12.8. The second-order valence-corrected chi connectivity index (χ2v) is 6.02. The van der Waals surface area contributed by atoms with Gasteiger partial charge in [0.05, 0.1) is 17.9 Å². The van der Waals surface area contributed by atoms with E-state index in [1.54, 1.807) is 11.8 Å². The van der Waals surface area contributed by atoms with E-state index in [0.29, 0.717) is 37.1 Å². The standard InChI is InChI=1S/C11H21NO3S/c1-9(2)16-7-10(14)12-11(8-13)3-5-15-6-4-11/h9,13H,3-8H2,1-2H3,(H,12,14). The van der Waals surface area contributed by atoms with Crippen molar-refractivity contribution in [1.29, 1.82) is 0 Å². The second kappa shape index (κ2) is 6.47. The molecule has 1 heterocycles. The fourth-order valence-corrected chi connectivity index (χ4v) is 2.22. The number of aliphatic hydroxyl groups is 1. The molecule has 0 radical (unpaired) electrons. The van der Waals surface area contributed by atoms with Crippen LogP contribution in [0, 0.1) is 0 Å². The van der Waals surface area contributed by atoms with Crippen molar-refractivity contribution in [2.75, 3.05) is 25.6 Å². The van der Waals surface area contributed by atoms with Gasteiger partial charge in [0, 0.05) is 13.2 Å². The first-order valence-electron chi connectivity index (χ1n) is 5.69. The number of aliphatic hydroxyl groups excluding tert-OH is 1. The third kappa shape index (κ3) is 4.31. The Hall–Kier alpha value is -0.260. The summed E-state index contributed by atoms with van der Waals surface area (Å²) in [6, 6.07) is 0. The number of rotatable bonds is 5. The lowest BCUT2D eigenvalue weighted by Gasteiger charge is -2.36. The van der Waals surface area contributed by atoms with Crippen molar-refractivity contribution >= 4 is 17.7 Å². The van der Waals surface area contributed by atoms with Crippen LogP contribution in [0.2, 0.25) is 0 Å². The van der Waals surface area contributed by atoms with E-state index in [1.807, 2.05) is 0 Å². The zero-order chi connectivity index (χ0) is 12.0. The molecule has 0 saturated carbocycles. The van der Waals surface area contributed by atoms with Crippen molar-refractivity contribution in [1.82, 2.24) is 5.32 Å². The number of carbonyl (C=O) groups excluding carboxylic acids is 1. The van der Waals surface area contributed by atoms with Crippen LogP contribution in [-0.4, -0.2) is 47.4 Å². The normalized spacial score (nSPS) is 19.8. The van der Waals surface area contributed by atoms with Crippen LogP contribution in [0.25, 0.3) is 0 Å². The Morgan fingerprint density at radius 2 is 2.12 bits per heavy atom. The second-order valence-electron chi connectivity index (χ2n) is 4.46. The number of thioether (sulfide) groups is 1. The Morgan fingerprint density at radius 1 is 1.50 bits per heavy atom. The zero-order valence-corrected chi connectivity index (χ0v) is 10.8. The molecule has 0 aromatic rings. The maximum absolute atomic E-state index is 11.7. The third-order valence-corrected chi connectivity index (χ3v) is 3.80. The fraction of sp³-hybridized carbons (Fsp3) is 0.909. The molecule has 0 aromatic heterocycles. The van der Waals surface area contributed by atoms with Gasteiger partial charge >= 0.3 is 0 Å². The van der Waals surface area contributed by atoms with Gasteiger partial charge in [-0.1, -0.05) is 13.8 Å². The van der Waals surface area contributed by atoms with Crippen molar-refractivity contribution in [2.24, 2.45) is 0 Å². The molecule has 0 bridgehead atoms. The molecule has 1 amide bonds. The van der Waals surface area contributed by atoms with E-state index < -0.39 is 5.54 Å². The van der Waals surface area contributed by atoms with E-state index in [4.69, 9.17) is 4.74 Å². The first-order valence-corrected chi connectivity index (χ1v) is 6.74. The van der Waals surface area contributed by atoms with Crippen LogP contribution in [0.5, 0.6) is 0 Å². The average Bonchev–Trinajstić information content (AvgIpc) is 2.28. The van der Waals surface area contributed by atoms with Crippen LogP contribution in [-0.2, 0) is 9.53 Å². The highest BCUT2D eigenvalue weighted by atomic mass is 32.2. The number of nitrogens with one attached hydrogen (secondary N) is 1. The van der Waals surface area contributed by atoms with Gasteiger partial charge in [-0.05, 0) is 18.1 Å². The Bertz CT molecular complexity index is 227. The number of ether oxygens (including phenoxy) is 1. The molecule has 1 rings (SSSR count). The summed E-state index contributed by atoms with van der Waals surface area (Å²) in [4.78, 5) is 11.7. The molecule has 1 fully saturated rings. The minimum atomic E-state index is -0.452. The van der Waals surface area contributed by atoms with E-state index in [0.717, 1.165) is 0 Å². The molecule has 94 valence electrons. The Balaban J connectivity index is 2.39. The summed E-state index contributed by atoms with van der Waals surface area (Å²) in [6.45, 7) is 5.34. The highest BCUT2D eigenvalue weighted by Crippen LogP contribution is 2.20. The largest absolute Gasteiger partial charge is 0.394 e. The predicted octanol–water partition coefficient (Wildman–Crippen LogP) is 0.786. The smallest absolute Gasteiger partial charge is 0.230 e. The van der Waals surface area contributed by atoms with Gasteiger partial charge < -0.3 is 15.2 Å². The molecule has 1 aliphatic rings. The zero-order valence-electron chi connectivity index (χ0n) is 9.99. The summed E-state index contributed by atoms with van der Waals surface area (Å²) >= 11 is 1.61.